The average Bonchev–Trinajstić information content (AvgIpc) is 2.84. The van der Waals surface area contributed by atoms with Gasteiger partial charge in [-0.05, 0) is 45.8 Å². The Labute approximate surface area is 123 Å². The fourth-order valence-electron chi connectivity index (χ4n) is 1.60. The van der Waals surface area contributed by atoms with E-state index in [-0.39, 0.29) is 18.3 Å². The number of hydrogen-bond acceptors (Lipinski definition) is 3. The van der Waals surface area contributed by atoms with Crippen LogP contribution in [0.25, 0.3) is 0 Å². The van der Waals surface area contributed by atoms with Gasteiger partial charge in [-0.25, -0.2) is 0 Å². The predicted octanol–water partition coefficient (Wildman–Crippen LogP) is 3.16. The maximum Gasteiger partial charge on any atom is 0.287 e. The third-order valence-corrected chi connectivity index (χ3v) is 3.24. The number of aliphatic hydroxyl groups excluding tert-OH is 1. The standard InChI is InChI=1S/C13H11BrClNO3/c14-12-6-5-11(19-12)13(18)16-10(7-17)8-1-3-9(15)4-2-8/h1-6,10,17H,7H2,(H,16,18). The number of nitrogens with one attached hydrogen (secondary N) is 1. The Morgan fingerprint density at radius 2 is 2.00 bits per heavy atom. The first-order valence-electron chi connectivity index (χ1n) is 5.52. The highest BCUT2D eigenvalue weighted by molar-refractivity contribution is 9.10. The van der Waals surface area contributed by atoms with Crippen molar-refractivity contribution in [3.05, 3.63) is 57.4 Å². The van der Waals surface area contributed by atoms with Crippen molar-refractivity contribution < 1.29 is 14.3 Å². The first kappa shape index (κ1) is 14.1. The van der Waals surface area contributed by atoms with Gasteiger partial charge in [0.15, 0.2) is 10.4 Å². The van der Waals surface area contributed by atoms with E-state index in [4.69, 9.17) is 16.0 Å². The van der Waals surface area contributed by atoms with Crippen LogP contribution in [0, 0.1) is 0 Å². The molecule has 0 radical (unpaired) electrons. The molecule has 6 heteroatoms. The van der Waals surface area contributed by atoms with Gasteiger partial charge in [0, 0.05) is 5.02 Å². The third-order valence-electron chi connectivity index (χ3n) is 2.56. The van der Waals surface area contributed by atoms with Gasteiger partial charge in [0.1, 0.15) is 0 Å². The van der Waals surface area contributed by atoms with Gasteiger partial charge < -0.3 is 14.8 Å². The molecule has 2 aromatic rings. The summed E-state index contributed by atoms with van der Waals surface area (Å²) in [5.41, 5.74) is 0.769. The summed E-state index contributed by atoms with van der Waals surface area (Å²) in [7, 11) is 0. The molecule has 2 rings (SSSR count). The summed E-state index contributed by atoms with van der Waals surface area (Å²) in [5.74, 6) is -0.209. The molecule has 0 saturated carbocycles. The molecule has 100 valence electrons. The van der Waals surface area contributed by atoms with Crippen LogP contribution in [-0.2, 0) is 0 Å². The zero-order chi connectivity index (χ0) is 13.8. The molecular formula is C13H11BrClNO3. The molecule has 4 nitrogen and oxygen atoms in total. The monoisotopic (exact) mass is 343 g/mol. The zero-order valence-corrected chi connectivity index (χ0v) is 12.1. The van der Waals surface area contributed by atoms with Crippen LogP contribution in [0.5, 0.6) is 0 Å². The van der Waals surface area contributed by atoms with Crippen molar-refractivity contribution in [3.8, 4) is 0 Å². The summed E-state index contributed by atoms with van der Waals surface area (Å²) in [6, 6.07) is 9.59. The molecule has 0 bridgehead atoms. The Kier molecular flexibility index (Phi) is 4.63. The Morgan fingerprint density at radius 3 is 2.53 bits per heavy atom. The van der Waals surface area contributed by atoms with Gasteiger partial charge >= 0.3 is 0 Å². The molecule has 0 saturated heterocycles. The minimum Gasteiger partial charge on any atom is -0.444 e. The molecule has 0 spiro atoms. The smallest absolute Gasteiger partial charge is 0.287 e. The lowest BCUT2D eigenvalue weighted by molar-refractivity contribution is 0.0887. The second-order valence-electron chi connectivity index (χ2n) is 3.86. The quantitative estimate of drug-likeness (QED) is 0.895. The van der Waals surface area contributed by atoms with Gasteiger partial charge in [0.05, 0.1) is 12.6 Å². The van der Waals surface area contributed by atoms with E-state index < -0.39 is 6.04 Å². The maximum atomic E-state index is 11.9. The van der Waals surface area contributed by atoms with E-state index in [2.05, 4.69) is 21.2 Å². The van der Waals surface area contributed by atoms with E-state index in [1.807, 2.05) is 0 Å². The average molecular weight is 345 g/mol. The number of carbonyl (C=O) groups excluding carboxylic acids is 1. The van der Waals surface area contributed by atoms with E-state index in [1.165, 1.54) is 0 Å². The topological polar surface area (TPSA) is 62.5 Å². The summed E-state index contributed by atoms with van der Waals surface area (Å²) < 4.78 is 5.62. The second kappa shape index (κ2) is 6.23. The van der Waals surface area contributed by atoms with E-state index in [1.54, 1.807) is 36.4 Å². The first-order valence-corrected chi connectivity index (χ1v) is 6.70. The van der Waals surface area contributed by atoms with E-state index in [0.29, 0.717) is 9.69 Å². The number of carbonyl (C=O) groups is 1. The fraction of sp³-hybridized carbons (Fsp3) is 0.154. The van der Waals surface area contributed by atoms with Crippen molar-refractivity contribution in [1.29, 1.82) is 0 Å². The summed E-state index contributed by atoms with van der Waals surface area (Å²) >= 11 is 8.92. The fourth-order valence-corrected chi connectivity index (χ4v) is 2.03. The third kappa shape index (κ3) is 3.59. The summed E-state index contributed by atoms with van der Waals surface area (Å²) in [5, 5.41) is 12.6. The molecule has 1 unspecified atom stereocenters. The van der Waals surface area contributed by atoms with Crippen molar-refractivity contribution in [1.82, 2.24) is 5.32 Å². The van der Waals surface area contributed by atoms with Crippen molar-refractivity contribution in [2.45, 2.75) is 6.04 Å². The SMILES string of the molecule is O=C(NC(CO)c1ccc(Cl)cc1)c1ccc(Br)o1. The largest absolute Gasteiger partial charge is 0.444 e. The molecule has 0 aliphatic carbocycles. The molecule has 0 aliphatic rings. The maximum absolute atomic E-state index is 11.9. The van der Waals surface area contributed by atoms with Gasteiger partial charge in [0.2, 0.25) is 0 Å². The molecule has 2 N–H and O–H groups in total. The van der Waals surface area contributed by atoms with Crippen LogP contribution in [0.4, 0.5) is 0 Å². The Balaban J connectivity index is 2.11. The number of halogens is 2. The van der Waals surface area contributed by atoms with E-state index >= 15 is 0 Å². The number of furan rings is 1. The van der Waals surface area contributed by atoms with Crippen molar-refractivity contribution >= 4 is 33.4 Å². The van der Waals surface area contributed by atoms with E-state index in [0.717, 1.165) is 5.56 Å². The Morgan fingerprint density at radius 1 is 1.32 bits per heavy atom. The molecule has 1 aromatic heterocycles. The number of benzene rings is 1. The second-order valence-corrected chi connectivity index (χ2v) is 5.08. The zero-order valence-electron chi connectivity index (χ0n) is 9.77. The number of amides is 1. The number of aliphatic hydroxyl groups is 1. The number of rotatable bonds is 4. The highest BCUT2D eigenvalue weighted by atomic mass is 79.9. The lowest BCUT2D eigenvalue weighted by Crippen LogP contribution is -2.30. The van der Waals surface area contributed by atoms with Gasteiger partial charge in [-0.1, -0.05) is 23.7 Å². The summed E-state index contributed by atoms with van der Waals surface area (Å²) in [6.07, 6.45) is 0. The van der Waals surface area contributed by atoms with Gasteiger partial charge in [-0.2, -0.15) is 0 Å². The molecule has 1 aromatic carbocycles. The van der Waals surface area contributed by atoms with Crippen LogP contribution >= 0.6 is 27.5 Å². The molecule has 19 heavy (non-hydrogen) atoms. The molecule has 1 amide bonds. The van der Waals surface area contributed by atoms with Crippen molar-refractivity contribution in [2.24, 2.45) is 0 Å². The minimum atomic E-state index is -0.506. The van der Waals surface area contributed by atoms with Crippen LogP contribution < -0.4 is 5.32 Å². The van der Waals surface area contributed by atoms with Gasteiger partial charge in [0.25, 0.3) is 5.91 Å². The molecule has 1 atom stereocenters. The lowest BCUT2D eigenvalue weighted by atomic mass is 10.1. The number of hydrogen-bond donors (Lipinski definition) is 2. The van der Waals surface area contributed by atoms with Crippen molar-refractivity contribution in [3.63, 3.8) is 0 Å². The molecule has 1 heterocycles. The van der Waals surface area contributed by atoms with Crippen LogP contribution in [0.1, 0.15) is 22.2 Å². The predicted molar refractivity (Wildman–Crippen MR) is 75.2 cm³/mol. The highest BCUT2D eigenvalue weighted by Crippen LogP contribution is 2.18. The lowest BCUT2D eigenvalue weighted by Gasteiger charge is -2.15. The normalized spacial score (nSPS) is 12.2. The van der Waals surface area contributed by atoms with Crippen LogP contribution in [0.3, 0.4) is 0 Å². The van der Waals surface area contributed by atoms with Crippen LogP contribution in [0.2, 0.25) is 5.02 Å². The molecule has 0 fully saturated rings. The van der Waals surface area contributed by atoms with Crippen LogP contribution in [0.15, 0.2) is 45.5 Å². The van der Waals surface area contributed by atoms with E-state index in [9.17, 15) is 9.90 Å². The van der Waals surface area contributed by atoms with Gasteiger partial charge in [-0.3, -0.25) is 4.79 Å². The summed E-state index contributed by atoms with van der Waals surface area (Å²) in [4.78, 5) is 11.9. The first-order chi connectivity index (χ1) is 9.10. The Bertz CT molecular complexity index is 568. The molecule has 0 aliphatic heterocycles. The minimum absolute atomic E-state index is 0.180. The van der Waals surface area contributed by atoms with Crippen molar-refractivity contribution in [2.75, 3.05) is 6.61 Å². The highest BCUT2D eigenvalue weighted by Gasteiger charge is 2.17. The van der Waals surface area contributed by atoms with Gasteiger partial charge in [-0.15, -0.1) is 0 Å². The summed E-state index contributed by atoms with van der Waals surface area (Å²) in [6.45, 7) is -0.213. The Hall–Kier alpha value is -1.30. The molecular weight excluding hydrogens is 334 g/mol. The van der Waals surface area contributed by atoms with Crippen LogP contribution in [-0.4, -0.2) is 17.6 Å².